The molecule has 0 radical (unpaired) electrons. The van der Waals surface area contributed by atoms with Crippen molar-refractivity contribution >= 4 is 17.4 Å². The van der Waals surface area contributed by atoms with E-state index >= 15 is 0 Å². The number of carbonyl (C=O) groups is 1. The van der Waals surface area contributed by atoms with Crippen LogP contribution in [-0.4, -0.2) is 11.2 Å². The molecular weight excluding hydrogens is 352 g/mol. The van der Waals surface area contributed by atoms with Crippen molar-refractivity contribution in [3.05, 3.63) is 0 Å². The maximum absolute atomic E-state index is 12.4. The zero-order valence-corrected chi connectivity index (χ0v) is 19.0. The molecule has 1 unspecified atom stereocenters. The van der Waals surface area contributed by atoms with E-state index in [0.29, 0.717) is 18.1 Å². The predicted molar refractivity (Wildman–Crippen MR) is 121 cm³/mol. The standard InChI is InChI=1S/C25H47ClO/c1-2-3-4-5-6-7-8-9-10-11-12-16-19-22-24(27)25(26)23-20-17-14-13-15-18-21-23/h23,25H,2-22H2,1H3. The highest BCUT2D eigenvalue weighted by Gasteiger charge is 2.25. The molecule has 0 aromatic heterocycles. The molecule has 0 aromatic rings. The van der Waals surface area contributed by atoms with Gasteiger partial charge in [-0.3, -0.25) is 4.79 Å². The number of hydrogen-bond donors (Lipinski definition) is 0. The number of carbonyl (C=O) groups excluding carboxylic acids is 1. The fourth-order valence-corrected chi connectivity index (χ4v) is 4.86. The molecule has 1 fully saturated rings. The largest absolute Gasteiger partial charge is 0.298 e. The van der Waals surface area contributed by atoms with Crippen LogP contribution in [0, 0.1) is 5.92 Å². The molecular formula is C25H47ClO. The summed E-state index contributed by atoms with van der Waals surface area (Å²) in [6, 6.07) is 0. The van der Waals surface area contributed by atoms with Gasteiger partial charge in [-0.05, 0) is 25.2 Å². The molecule has 27 heavy (non-hydrogen) atoms. The lowest BCUT2D eigenvalue weighted by Crippen LogP contribution is -2.25. The number of rotatable bonds is 16. The zero-order valence-electron chi connectivity index (χ0n) is 18.3. The summed E-state index contributed by atoms with van der Waals surface area (Å²) in [5.41, 5.74) is 0. The Labute approximate surface area is 175 Å². The van der Waals surface area contributed by atoms with E-state index in [1.165, 1.54) is 122 Å². The van der Waals surface area contributed by atoms with Gasteiger partial charge in [-0.2, -0.15) is 0 Å². The van der Waals surface area contributed by atoms with Crippen molar-refractivity contribution in [3.8, 4) is 0 Å². The Bertz CT molecular complexity index is 333. The summed E-state index contributed by atoms with van der Waals surface area (Å²) >= 11 is 6.54. The molecule has 0 spiro atoms. The molecule has 0 N–H and O–H groups in total. The van der Waals surface area contributed by atoms with E-state index in [-0.39, 0.29) is 5.38 Å². The summed E-state index contributed by atoms with van der Waals surface area (Å²) in [5.74, 6) is 0.770. The average Bonchev–Trinajstić information content (AvgIpc) is 2.64. The van der Waals surface area contributed by atoms with Gasteiger partial charge in [0.25, 0.3) is 0 Å². The minimum Gasteiger partial charge on any atom is -0.298 e. The second-order valence-corrected chi connectivity index (χ2v) is 9.44. The summed E-state index contributed by atoms with van der Waals surface area (Å²) in [6.45, 7) is 2.28. The van der Waals surface area contributed by atoms with Crippen LogP contribution in [-0.2, 0) is 4.79 Å². The van der Waals surface area contributed by atoms with Crippen LogP contribution in [0.3, 0.4) is 0 Å². The summed E-state index contributed by atoms with van der Waals surface area (Å²) in [5, 5.41) is -0.208. The van der Waals surface area contributed by atoms with Gasteiger partial charge < -0.3 is 0 Å². The Morgan fingerprint density at radius 3 is 1.59 bits per heavy atom. The maximum Gasteiger partial charge on any atom is 0.150 e. The Morgan fingerprint density at radius 2 is 1.11 bits per heavy atom. The molecule has 1 saturated carbocycles. The summed E-state index contributed by atoms with van der Waals surface area (Å²) in [4.78, 5) is 12.4. The van der Waals surface area contributed by atoms with Gasteiger partial charge in [-0.25, -0.2) is 0 Å². The molecule has 1 aliphatic carbocycles. The molecule has 0 aliphatic heterocycles. The minimum absolute atomic E-state index is 0.208. The normalized spacial score (nSPS) is 17.4. The summed E-state index contributed by atoms with van der Waals surface area (Å²) in [6.07, 6.45) is 27.2. The van der Waals surface area contributed by atoms with Crippen LogP contribution in [0.25, 0.3) is 0 Å². The van der Waals surface area contributed by atoms with Gasteiger partial charge in [0.05, 0.1) is 5.38 Å². The molecule has 1 rings (SSSR count). The van der Waals surface area contributed by atoms with Gasteiger partial charge in [-0.1, -0.05) is 116 Å². The van der Waals surface area contributed by atoms with Gasteiger partial charge in [-0.15, -0.1) is 11.6 Å². The first-order chi connectivity index (χ1) is 13.3. The minimum atomic E-state index is -0.208. The quantitative estimate of drug-likeness (QED) is 0.187. The highest BCUT2D eigenvalue weighted by atomic mass is 35.5. The van der Waals surface area contributed by atoms with Crippen molar-refractivity contribution in [3.63, 3.8) is 0 Å². The van der Waals surface area contributed by atoms with Crippen molar-refractivity contribution in [2.45, 2.75) is 147 Å². The molecule has 0 bridgehead atoms. The smallest absolute Gasteiger partial charge is 0.150 e. The van der Waals surface area contributed by atoms with Gasteiger partial charge in [0.2, 0.25) is 0 Å². The monoisotopic (exact) mass is 398 g/mol. The van der Waals surface area contributed by atoms with Crippen LogP contribution in [0.4, 0.5) is 0 Å². The average molecular weight is 399 g/mol. The summed E-state index contributed by atoms with van der Waals surface area (Å²) in [7, 11) is 0. The van der Waals surface area contributed by atoms with E-state index in [2.05, 4.69) is 6.92 Å². The van der Waals surface area contributed by atoms with Crippen LogP contribution in [0.5, 0.6) is 0 Å². The van der Waals surface area contributed by atoms with Gasteiger partial charge in [0, 0.05) is 6.42 Å². The van der Waals surface area contributed by atoms with E-state index < -0.39 is 0 Å². The first kappa shape index (κ1) is 25.0. The predicted octanol–water partition coefficient (Wildman–Crippen LogP) is 9.00. The lowest BCUT2D eigenvalue weighted by Gasteiger charge is -2.23. The number of halogens is 1. The Balaban J connectivity index is 1.91. The number of alkyl halides is 1. The van der Waals surface area contributed by atoms with E-state index in [4.69, 9.17) is 11.6 Å². The van der Waals surface area contributed by atoms with E-state index in [1.807, 2.05) is 0 Å². The van der Waals surface area contributed by atoms with Crippen molar-refractivity contribution in [2.24, 2.45) is 5.92 Å². The first-order valence-electron chi connectivity index (χ1n) is 12.4. The van der Waals surface area contributed by atoms with Crippen LogP contribution in [0.2, 0.25) is 0 Å². The SMILES string of the molecule is CCCCCCCCCCCCCCCC(=O)C(Cl)C1CCCCCCC1. The van der Waals surface area contributed by atoms with Crippen LogP contribution in [0.1, 0.15) is 142 Å². The number of Topliss-reactive ketones (excluding diaryl/α,β-unsaturated/α-hetero) is 1. The number of unbranched alkanes of at least 4 members (excludes halogenated alkanes) is 12. The highest BCUT2D eigenvalue weighted by molar-refractivity contribution is 6.31. The van der Waals surface area contributed by atoms with Crippen molar-refractivity contribution in [1.82, 2.24) is 0 Å². The van der Waals surface area contributed by atoms with Crippen molar-refractivity contribution in [1.29, 1.82) is 0 Å². The van der Waals surface area contributed by atoms with Crippen molar-refractivity contribution in [2.75, 3.05) is 0 Å². The molecule has 0 aromatic carbocycles. The van der Waals surface area contributed by atoms with Crippen LogP contribution >= 0.6 is 11.6 Å². The van der Waals surface area contributed by atoms with Gasteiger partial charge in [0.1, 0.15) is 0 Å². The zero-order chi connectivity index (χ0) is 19.6. The molecule has 0 heterocycles. The number of ketones is 1. The van der Waals surface area contributed by atoms with Crippen molar-refractivity contribution < 1.29 is 4.79 Å². The Hall–Kier alpha value is -0.0400. The summed E-state index contributed by atoms with van der Waals surface area (Å²) < 4.78 is 0. The second kappa shape index (κ2) is 18.0. The molecule has 1 aliphatic rings. The first-order valence-corrected chi connectivity index (χ1v) is 12.9. The Kier molecular flexibility index (Phi) is 16.7. The molecule has 1 nitrogen and oxygen atoms in total. The van der Waals surface area contributed by atoms with Gasteiger partial charge >= 0.3 is 0 Å². The highest BCUT2D eigenvalue weighted by Crippen LogP contribution is 2.29. The molecule has 0 amide bonds. The molecule has 0 saturated heterocycles. The fraction of sp³-hybridized carbons (Fsp3) is 0.960. The van der Waals surface area contributed by atoms with E-state index in [1.54, 1.807) is 0 Å². The third kappa shape index (κ3) is 13.7. The van der Waals surface area contributed by atoms with Gasteiger partial charge in [0.15, 0.2) is 5.78 Å². The lowest BCUT2D eigenvalue weighted by molar-refractivity contribution is -0.119. The van der Waals surface area contributed by atoms with E-state index in [9.17, 15) is 4.79 Å². The number of hydrogen-bond acceptors (Lipinski definition) is 1. The third-order valence-corrected chi connectivity index (χ3v) is 7.00. The van der Waals surface area contributed by atoms with Crippen LogP contribution < -0.4 is 0 Å². The second-order valence-electron chi connectivity index (χ2n) is 8.97. The van der Waals surface area contributed by atoms with E-state index in [0.717, 1.165) is 6.42 Å². The Morgan fingerprint density at radius 1 is 0.704 bits per heavy atom. The fourth-order valence-electron chi connectivity index (χ4n) is 4.50. The maximum atomic E-state index is 12.4. The van der Waals surface area contributed by atoms with Crippen LogP contribution in [0.15, 0.2) is 0 Å². The molecule has 160 valence electrons. The molecule has 2 heteroatoms. The molecule has 1 atom stereocenters. The lowest BCUT2D eigenvalue weighted by atomic mass is 9.86. The third-order valence-electron chi connectivity index (χ3n) is 6.40. The topological polar surface area (TPSA) is 17.1 Å².